The minimum Gasteiger partial charge on any atom is -0.368 e. The van der Waals surface area contributed by atoms with Gasteiger partial charge in [0, 0.05) is 42.6 Å². The Morgan fingerprint density at radius 3 is 2.42 bits per heavy atom. The molecule has 2 amide bonds. The van der Waals surface area contributed by atoms with Gasteiger partial charge < -0.3 is 15.1 Å². The summed E-state index contributed by atoms with van der Waals surface area (Å²) in [5.74, 6) is -0.458. The fourth-order valence-electron chi connectivity index (χ4n) is 3.03. The molecule has 0 unspecified atom stereocenters. The van der Waals surface area contributed by atoms with E-state index in [1.165, 1.54) is 0 Å². The number of carbonyl (C=O) groups is 2. The van der Waals surface area contributed by atoms with Crippen molar-refractivity contribution >= 4 is 34.8 Å². The number of carbonyl (C=O) groups excluding carboxylic acids is 2. The van der Waals surface area contributed by atoms with Gasteiger partial charge in [-0.1, -0.05) is 35.9 Å². The summed E-state index contributed by atoms with van der Waals surface area (Å²) in [6, 6.07) is 15.4. The van der Waals surface area contributed by atoms with Crippen LogP contribution in [0.15, 0.2) is 48.5 Å². The Hall–Kier alpha value is -2.53. The van der Waals surface area contributed by atoms with Gasteiger partial charge in [0.15, 0.2) is 0 Å². The standard InChI is InChI=1S/C20H22ClN3O2/c1-15-7-8-16(21)13-18(15)22-19(25)14-20(26)24-11-9-23(10-12-24)17-5-3-2-4-6-17/h2-8,13H,9-12,14H2,1H3,(H,22,25). The molecule has 1 heterocycles. The van der Waals surface area contributed by atoms with Crippen LogP contribution in [0.2, 0.25) is 5.02 Å². The molecule has 0 aliphatic carbocycles. The zero-order valence-corrected chi connectivity index (χ0v) is 15.5. The SMILES string of the molecule is Cc1ccc(Cl)cc1NC(=O)CC(=O)N1CCN(c2ccccc2)CC1. The third-order valence-corrected chi connectivity index (χ3v) is 4.77. The number of benzene rings is 2. The van der Waals surface area contributed by atoms with Gasteiger partial charge in [0.2, 0.25) is 11.8 Å². The number of aryl methyl sites for hydroxylation is 1. The number of rotatable bonds is 4. The monoisotopic (exact) mass is 371 g/mol. The molecule has 1 aliphatic heterocycles. The van der Waals surface area contributed by atoms with E-state index in [1.807, 2.05) is 31.2 Å². The molecule has 136 valence electrons. The zero-order valence-electron chi connectivity index (χ0n) is 14.7. The van der Waals surface area contributed by atoms with E-state index in [0.717, 1.165) is 24.3 Å². The largest absolute Gasteiger partial charge is 0.368 e. The van der Waals surface area contributed by atoms with Gasteiger partial charge in [0.1, 0.15) is 6.42 Å². The van der Waals surface area contributed by atoms with Gasteiger partial charge in [-0.25, -0.2) is 0 Å². The maximum absolute atomic E-state index is 12.4. The topological polar surface area (TPSA) is 52.7 Å². The average molecular weight is 372 g/mol. The highest BCUT2D eigenvalue weighted by Crippen LogP contribution is 2.20. The number of halogens is 1. The second-order valence-electron chi connectivity index (χ2n) is 6.39. The van der Waals surface area contributed by atoms with Crippen molar-refractivity contribution in [2.24, 2.45) is 0 Å². The smallest absolute Gasteiger partial charge is 0.233 e. The quantitative estimate of drug-likeness (QED) is 0.839. The Morgan fingerprint density at radius 1 is 1.04 bits per heavy atom. The Kier molecular flexibility index (Phi) is 5.78. The summed E-state index contributed by atoms with van der Waals surface area (Å²) in [5, 5.41) is 3.32. The van der Waals surface area contributed by atoms with Crippen LogP contribution in [0.25, 0.3) is 0 Å². The van der Waals surface area contributed by atoms with Crippen molar-refractivity contribution in [2.75, 3.05) is 36.4 Å². The summed E-state index contributed by atoms with van der Waals surface area (Å²) >= 11 is 5.96. The van der Waals surface area contributed by atoms with E-state index in [-0.39, 0.29) is 18.2 Å². The highest BCUT2D eigenvalue weighted by molar-refractivity contribution is 6.31. The van der Waals surface area contributed by atoms with Crippen LogP contribution in [0.1, 0.15) is 12.0 Å². The van der Waals surface area contributed by atoms with Crippen molar-refractivity contribution in [2.45, 2.75) is 13.3 Å². The van der Waals surface area contributed by atoms with Crippen LogP contribution in [-0.4, -0.2) is 42.9 Å². The Balaban J connectivity index is 1.51. The number of piperazine rings is 1. The number of nitrogens with one attached hydrogen (secondary N) is 1. The van der Waals surface area contributed by atoms with Crippen molar-refractivity contribution in [3.05, 3.63) is 59.1 Å². The molecule has 0 radical (unpaired) electrons. The summed E-state index contributed by atoms with van der Waals surface area (Å²) < 4.78 is 0. The molecule has 1 saturated heterocycles. The summed E-state index contributed by atoms with van der Waals surface area (Å²) in [5.41, 5.74) is 2.71. The fraction of sp³-hybridized carbons (Fsp3) is 0.300. The molecule has 1 fully saturated rings. The maximum Gasteiger partial charge on any atom is 0.233 e. The van der Waals surface area contributed by atoms with E-state index in [4.69, 9.17) is 11.6 Å². The highest BCUT2D eigenvalue weighted by atomic mass is 35.5. The summed E-state index contributed by atoms with van der Waals surface area (Å²) in [6.45, 7) is 4.67. The van der Waals surface area contributed by atoms with E-state index in [9.17, 15) is 9.59 Å². The van der Waals surface area contributed by atoms with Crippen LogP contribution in [0.4, 0.5) is 11.4 Å². The fourth-order valence-corrected chi connectivity index (χ4v) is 3.20. The minimum absolute atomic E-state index is 0.144. The van der Waals surface area contributed by atoms with Crippen molar-refractivity contribution in [3.8, 4) is 0 Å². The van der Waals surface area contributed by atoms with E-state index < -0.39 is 0 Å². The van der Waals surface area contributed by atoms with Crippen molar-refractivity contribution in [3.63, 3.8) is 0 Å². The van der Waals surface area contributed by atoms with Gasteiger partial charge in [0.25, 0.3) is 0 Å². The Morgan fingerprint density at radius 2 is 1.73 bits per heavy atom. The second kappa shape index (κ2) is 8.23. The summed E-state index contributed by atoms with van der Waals surface area (Å²) in [6.07, 6.45) is -0.155. The van der Waals surface area contributed by atoms with Gasteiger partial charge in [-0.05, 0) is 36.8 Å². The molecule has 2 aromatic carbocycles. The Labute approximate surface area is 158 Å². The number of para-hydroxylation sites is 1. The van der Waals surface area contributed by atoms with Gasteiger partial charge in [-0.3, -0.25) is 9.59 Å². The lowest BCUT2D eigenvalue weighted by atomic mass is 10.2. The lowest BCUT2D eigenvalue weighted by Gasteiger charge is -2.36. The van der Waals surface area contributed by atoms with Gasteiger partial charge in [0.05, 0.1) is 0 Å². The predicted molar refractivity (Wildman–Crippen MR) is 105 cm³/mol. The molecular formula is C20H22ClN3O2. The third-order valence-electron chi connectivity index (χ3n) is 4.54. The van der Waals surface area contributed by atoms with Gasteiger partial charge in [-0.2, -0.15) is 0 Å². The van der Waals surface area contributed by atoms with Crippen molar-refractivity contribution < 1.29 is 9.59 Å². The molecule has 0 saturated carbocycles. The number of hydrogen-bond donors (Lipinski definition) is 1. The molecule has 26 heavy (non-hydrogen) atoms. The van der Waals surface area contributed by atoms with E-state index in [0.29, 0.717) is 23.8 Å². The van der Waals surface area contributed by atoms with Crippen LogP contribution in [-0.2, 0) is 9.59 Å². The van der Waals surface area contributed by atoms with Crippen LogP contribution >= 0.6 is 11.6 Å². The van der Waals surface area contributed by atoms with Crippen molar-refractivity contribution in [1.82, 2.24) is 4.90 Å². The van der Waals surface area contributed by atoms with E-state index in [2.05, 4.69) is 22.3 Å². The first-order valence-electron chi connectivity index (χ1n) is 8.67. The molecule has 0 bridgehead atoms. The minimum atomic E-state index is -0.314. The lowest BCUT2D eigenvalue weighted by molar-refractivity contribution is -0.134. The molecule has 2 aromatic rings. The summed E-state index contributed by atoms with van der Waals surface area (Å²) in [7, 11) is 0. The average Bonchev–Trinajstić information content (AvgIpc) is 2.65. The van der Waals surface area contributed by atoms with Crippen molar-refractivity contribution in [1.29, 1.82) is 0 Å². The third kappa shape index (κ3) is 4.55. The van der Waals surface area contributed by atoms with E-state index in [1.54, 1.807) is 17.0 Å². The molecule has 1 N–H and O–H groups in total. The van der Waals surface area contributed by atoms with Crippen LogP contribution in [0, 0.1) is 6.92 Å². The molecule has 0 spiro atoms. The first-order valence-corrected chi connectivity index (χ1v) is 9.04. The molecule has 3 rings (SSSR count). The molecule has 0 aromatic heterocycles. The number of anilines is 2. The lowest BCUT2D eigenvalue weighted by Crippen LogP contribution is -2.49. The van der Waals surface area contributed by atoms with Gasteiger partial charge >= 0.3 is 0 Å². The van der Waals surface area contributed by atoms with Gasteiger partial charge in [-0.15, -0.1) is 0 Å². The predicted octanol–water partition coefficient (Wildman–Crippen LogP) is 3.33. The maximum atomic E-state index is 12.4. The molecule has 5 nitrogen and oxygen atoms in total. The molecule has 0 atom stereocenters. The van der Waals surface area contributed by atoms with Crippen LogP contribution < -0.4 is 10.2 Å². The van der Waals surface area contributed by atoms with Crippen LogP contribution in [0.5, 0.6) is 0 Å². The summed E-state index contributed by atoms with van der Waals surface area (Å²) in [4.78, 5) is 28.6. The number of hydrogen-bond acceptors (Lipinski definition) is 3. The van der Waals surface area contributed by atoms with Crippen LogP contribution in [0.3, 0.4) is 0 Å². The Bertz CT molecular complexity index is 787. The number of nitrogens with zero attached hydrogens (tertiary/aromatic N) is 2. The molecular weight excluding hydrogens is 350 g/mol. The first kappa shape index (κ1) is 18.3. The molecule has 1 aliphatic rings. The molecule has 6 heteroatoms. The zero-order chi connectivity index (χ0) is 18.5. The van der Waals surface area contributed by atoms with E-state index >= 15 is 0 Å². The number of amides is 2. The first-order chi connectivity index (χ1) is 12.5. The normalized spacial score (nSPS) is 14.2. The second-order valence-corrected chi connectivity index (χ2v) is 6.82. The highest BCUT2D eigenvalue weighted by Gasteiger charge is 2.23.